The van der Waals surface area contributed by atoms with Crippen LogP contribution < -0.4 is 15.5 Å². The Kier molecular flexibility index (Phi) is 4.86. The molecule has 0 aromatic heterocycles. The van der Waals surface area contributed by atoms with E-state index >= 15 is 0 Å². The maximum atomic E-state index is 12.8. The number of carbonyl (C=O) groups is 2. The zero-order valence-electron chi connectivity index (χ0n) is 14.8. The van der Waals surface area contributed by atoms with Crippen molar-refractivity contribution >= 4 is 46.6 Å². The van der Waals surface area contributed by atoms with Gasteiger partial charge in [0.05, 0.1) is 5.69 Å². The van der Waals surface area contributed by atoms with Crippen molar-refractivity contribution in [2.75, 3.05) is 10.2 Å². The molecule has 0 atom stereocenters. The van der Waals surface area contributed by atoms with Crippen LogP contribution in [0.4, 0.5) is 11.4 Å². The first kappa shape index (κ1) is 17.8. The van der Waals surface area contributed by atoms with E-state index in [0.29, 0.717) is 16.5 Å². The monoisotopic (exact) mass is 365 g/mol. The Bertz CT molecular complexity index is 933. The van der Waals surface area contributed by atoms with Gasteiger partial charge >= 0.3 is 0 Å². The van der Waals surface area contributed by atoms with Crippen LogP contribution in [0.25, 0.3) is 6.08 Å². The van der Waals surface area contributed by atoms with Crippen molar-refractivity contribution in [2.45, 2.75) is 20.8 Å². The summed E-state index contributed by atoms with van der Waals surface area (Å²) in [5, 5.41) is 6.06. The number of hydrogen-bond acceptors (Lipinski definition) is 3. The number of amides is 2. The van der Waals surface area contributed by atoms with Gasteiger partial charge in [-0.05, 0) is 61.5 Å². The van der Waals surface area contributed by atoms with Gasteiger partial charge in [0.25, 0.3) is 5.91 Å². The molecule has 132 valence electrons. The summed E-state index contributed by atoms with van der Waals surface area (Å²) in [6.07, 6.45) is 1.75. The van der Waals surface area contributed by atoms with Gasteiger partial charge in [-0.2, -0.15) is 0 Å². The number of nitrogens with one attached hydrogen (secondary N) is 2. The molecule has 2 aromatic carbocycles. The van der Waals surface area contributed by atoms with Gasteiger partial charge in [0.1, 0.15) is 5.70 Å². The lowest BCUT2D eigenvalue weighted by Gasteiger charge is -2.17. The fourth-order valence-electron chi connectivity index (χ4n) is 2.84. The maximum Gasteiger partial charge on any atom is 0.281 e. The Morgan fingerprint density at radius 1 is 1.15 bits per heavy atom. The molecule has 1 heterocycles. The van der Waals surface area contributed by atoms with E-state index in [2.05, 4.69) is 10.6 Å². The van der Waals surface area contributed by atoms with Gasteiger partial charge in [0, 0.05) is 12.6 Å². The number of anilines is 2. The van der Waals surface area contributed by atoms with Crippen molar-refractivity contribution in [2.24, 2.45) is 0 Å². The Balaban J connectivity index is 1.86. The average molecular weight is 365 g/mol. The number of carbonyl (C=O) groups excluding carboxylic acids is 2. The van der Waals surface area contributed by atoms with Crippen molar-refractivity contribution in [3.05, 3.63) is 64.9 Å². The maximum absolute atomic E-state index is 12.8. The van der Waals surface area contributed by atoms with Gasteiger partial charge in [-0.3, -0.25) is 14.5 Å². The first-order valence-electron chi connectivity index (χ1n) is 8.17. The molecule has 1 aliphatic rings. The van der Waals surface area contributed by atoms with E-state index in [0.717, 1.165) is 22.4 Å². The molecule has 2 aromatic rings. The summed E-state index contributed by atoms with van der Waals surface area (Å²) in [5.41, 5.74) is 4.86. The lowest BCUT2D eigenvalue weighted by Crippen LogP contribution is -2.30. The summed E-state index contributed by atoms with van der Waals surface area (Å²) in [6.45, 7) is 5.43. The number of rotatable bonds is 3. The minimum atomic E-state index is -0.187. The first-order chi connectivity index (χ1) is 12.3. The second-order valence-corrected chi connectivity index (χ2v) is 6.61. The quantitative estimate of drug-likeness (QED) is 0.645. The second kappa shape index (κ2) is 7.09. The molecule has 2 N–H and O–H groups in total. The molecule has 2 amide bonds. The smallest absolute Gasteiger partial charge is 0.281 e. The standard InChI is InChI=1S/C20H19N3O2S/c1-12-4-9-18(13(2)10-12)23-19(25)17(22-20(23)26)11-15-5-7-16(8-6-15)21-14(3)24/h4-11H,1-3H3,(H,21,24)(H,22,26)/b17-11-. The molecule has 26 heavy (non-hydrogen) atoms. The SMILES string of the molecule is CC(=O)Nc1ccc(/C=C2\NC(=S)N(c3ccc(C)cc3C)C2=O)cc1. The van der Waals surface area contributed by atoms with Crippen molar-refractivity contribution in [1.82, 2.24) is 5.32 Å². The van der Waals surface area contributed by atoms with E-state index in [-0.39, 0.29) is 11.8 Å². The molecule has 0 radical (unpaired) electrons. The molecule has 1 saturated heterocycles. The third kappa shape index (κ3) is 3.65. The molecule has 0 saturated carbocycles. The van der Waals surface area contributed by atoms with E-state index in [1.165, 1.54) is 11.8 Å². The normalized spacial score (nSPS) is 15.3. The van der Waals surface area contributed by atoms with Gasteiger partial charge in [-0.25, -0.2) is 0 Å². The van der Waals surface area contributed by atoms with Gasteiger partial charge < -0.3 is 10.6 Å². The number of aryl methyl sites for hydroxylation is 2. The van der Waals surface area contributed by atoms with Crippen LogP contribution in [0.15, 0.2) is 48.2 Å². The molecule has 0 aliphatic carbocycles. The van der Waals surface area contributed by atoms with Gasteiger partial charge in [0.15, 0.2) is 5.11 Å². The van der Waals surface area contributed by atoms with Crippen molar-refractivity contribution in [3.8, 4) is 0 Å². The van der Waals surface area contributed by atoms with Gasteiger partial charge in [-0.1, -0.05) is 29.8 Å². The van der Waals surface area contributed by atoms with Crippen LogP contribution >= 0.6 is 12.2 Å². The summed E-state index contributed by atoms with van der Waals surface area (Å²) in [7, 11) is 0. The highest BCUT2D eigenvalue weighted by Gasteiger charge is 2.32. The molecule has 3 rings (SSSR count). The molecular formula is C20H19N3O2S. The van der Waals surface area contributed by atoms with Crippen molar-refractivity contribution in [1.29, 1.82) is 0 Å². The molecule has 1 aliphatic heterocycles. The van der Waals surface area contributed by atoms with Crippen LogP contribution in [0.2, 0.25) is 0 Å². The largest absolute Gasteiger partial charge is 0.327 e. The predicted molar refractivity (Wildman–Crippen MR) is 108 cm³/mol. The molecule has 0 bridgehead atoms. The second-order valence-electron chi connectivity index (χ2n) is 6.22. The van der Waals surface area contributed by atoms with E-state index in [1.807, 2.05) is 44.2 Å². The zero-order chi connectivity index (χ0) is 18.8. The number of benzene rings is 2. The van der Waals surface area contributed by atoms with E-state index in [4.69, 9.17) is 12.2 Å². The molecule has 0 unspecified atom stereocenters. The van der Waals surface area contributed by atoms with Crippen LogP contribution in [-0.2, 0) is 9.59 Å². The molecule has 6 heteroatoms. The van der Waals surface area contributed by atoms with E-state index in [1.54, 1.807) is 18.2 Å². The van der Waals surface area contributed by atoms with Crippen molar-refractivity contribution < 1.29 is 9.59 Å². The van der Waals surface area contributed by atoms with E-state index < -0.39 is 0 Å². The summed E-state index contributed by atoms with van der Waals surface area (Å²) in [6, 6.07) is 13.1. The number of thiocarbonyl (C=S) groups is 1. The minimum absolute atomic E-state index is 0.127. The molecule has 0 spiro atoms. The summed E-state index contributed by atoms with van der Waals surface area (Å²) >= 11 is 5.36. The highest BCUT2D eigenvalue weighted by molar-refractivity contribution is 7.80. The van der Waals surface area contributed by atoms with Crippen LogP contribution in [-0.4, -0.2) is 16.9 Å². The van der Waals surface area contributed by atoms with Crippen LogP contribution in [0.1, 0.15) is 23.6 Å². The topological polar surface area (TPSA) is 61.4 Å². The van der Waals surface area contributed by atoms with Gasteiger partial charge in [-0.15, -0.1) is 0 Å². The molecular weight excluding hydrogens is 346 g/mol. The number of hydrogen-bond donors (Lipinski definition) is 2. The van der Waals surface area contributed by atoms with Crippen molar-refractivity contribution in [3.63, 3.8) is 0 Å². The minimum Gasteiger partial charge on any atom is -0.327 e. The predicted octanol–water partition coefficient (Wildman–Crippen LogP) is 3.52. The Hall–Kier alpha value is -2.99. The average Bonchev–Trinajstić information content (AvgIpc) is 2.83. The summed E-state index contributed by atoms with van der Waals surface area (Å²) in [5.74, 6) is -0.314. The van der Waals surface area contributed by atoms with Crippen LogP contribution in [0.5, 0.6) is 0 Å². The highest BCUT2D eigenvalue weighted by Crippen LogP contribution is 2.26. The lowest BCUT2D eigenvalue weighted by molar-refractivity contribution is -0.114. The number of nitrogens with zero attached hydrogens (tertiary/aromatic N) is 1. The van der Waals surface area contributed by atoms with Crippen LogP contribution in [0, 0.1) is 13.8 Å². The van der Waals surface area contributed by atoms with Gasteiger partial charge in [0.2, 0.25) is 5.91 Å². The highest BCUT2D eigenvalue weighted by atomic mass is 32.1. The van der Waals surface area contributed by atoms with E-state index in [9.17, 15) is 9.59 Å². The first-order valence-corrected chi connectivity index (χ1v) is 8.58. The van der Waals surface area contributed by atoms with Crippen LogP contribution in [0.3, 0.4) is 0 Å². The Morgan fingerprint density at radius 3 is 2.46 bits per heavy atom. The summed E-state index contributed by atoms with van der Waals surface area (Å²) < 4.78 is 0. The summed E-state index contributed by atoms with van der Waals surface area (Å²) in [4.78, 5) is 25.4. The fraction of sp³-hybridized carbons (Fsp3) is 0.150. The third-order valence-corrected chi connectivity index (χ3v) is 4.30. The lowest BCUT2D eigenvalue weighted by atomic mass is 10.1. The third-order valence-electron chi connectivity index (χ3n) is 4.01. The fourth-order valence-corrected chi connectivity index (χ4v) is 3.13. The molecule has 5 nitrogen and oxygen atoms in total. The Labute approximate surface area is 157 Å². The zero-order valence-corrected chi connectivity index (χ0v) is 15.6. The molecule has 1 fully saturated rings. The Morgan fingerprint density at radius 2 is 1.85 bits per heavy atom.